The van der Waals surface area contributed by atoms with Gasteiger partial charge >= 0.3 is 0 Å². The van der Waals surface area contributed by atoms with Gasteiger partial charge in [-0.2, -0.15) is 0 Å². The highest BCUT2D eigenvalue weighted by molar-refractivity contribution is 6.03. The van der Waals surface area contributed by atoms with Crippen molar-refractivity contribution in [2.75, 3.05) is 18.4 Å². The van der Waals surface area contributed by atoms with Crippen molar-refractivity contribution in [2.45, 2.75) is 32.7 Å². The summed E-state index contributed by atoms with van der Waals surface area (Å²) in [4.78, 5) is 16.5. The Hall–Kier alpha value is -1.99. The monoisotopic (exact) mass is 350 g/mol. The van der Waals surface area contributed by atoms with Crippen molar-refractivity contribution in [3.8, 4) is 0 Å². The molecule has 7 nitrogen and oxygen atoms in total. The fourth-order valence-corrected chi connectivity index (χ4v) is 2.83. The minimum Gasteiger partial charge on any atom is -0.316 e. The van der Waals surface area contributed by atoms with Crippen molar-refractivity contribution in [1.82, 2.24) is 25.3 Å². The summed E-state index contributed by atoms with van der Waals surface area (Å²) in [6.45, 7) is 4.97. The molecule has 24 heavy (non-hydrogen) atoms. The molecule has 0 saturated carbocycles. The smallest absolute Gasteiger partial charge is 0.258 e. The topological polar surface area (TPSA) is 84.7 Å². The van der Waals surface area contributed by atoms with Crippen molar-refractivity contribution in [2.24, 2.45) is 5.92 Å². The maximum absolute atomic E-state index is 12.3. The number of hydrogen-bond donors (Lipinski definition) is 2. The first kappa shape index (κ1) is 18.4. The Bertz CT molecular complexity index is 668. The first-order valence-corrected chi connectivity index (χ1v) is 8.10. The van der Waals surface area contributed by atoms with Crippen LogP contribution in [0.25, 0.3) is 0 Å². The van der Waals surface area contributed by atoms with E-state index in [1.54, 1.807) is 17.1 Å². The number of anilines is 1. The molecule has 130 valence electrons. The number of nitrogens with one attached hydrogen (secondary N) is 2. The number of aryl methyl sites for hydroxylation is 1. The average Bonchev–Trinajstić information content (AvgIpc) is 3.20. The zero-order chi connectivity index (χ0) is 16.1. The second-order valence-corrected chi connectivity index (χ2v) is 5.97. The van der Waals surface area contributed by atoms with E-state index in [0.29, 0.717) is 17.3 Å². The number of halogens is 1. The zero-order valence-electron chi connectivity index (χ0n) is 13.7. The summed E-state index contributed by atoms with van der Waals surface area (Å²) in [6, 6.07) is 1.91. The lowest BCUT2D eigenvalue weighted by Gasteiger charge is -2.09. The van der Waals surface area contributed by atoms with Gasteiger partial charge in [-0.3, -0.25) is 14.5 Å². The van der Waals surface area contributed by atoms with Gasteiger partial charge in [0.05, 0.1) is 11.8 Å². The Morgan fingerprint density at radius 1 is 1.46 bits per heavy atom. The number of hydrogen-bond acceptors (Lipinski definition) is 5. The van der Waals surface area contributed by atoms with Gasteiger partial charge in [0.25, 0.3) is 5.91 Å². The Labute approximate surface area is 147 Å². The van der Waals surface area contributed by atoms with E-state index < -0.39 is 0 Å². The van der Waals surface area contributed by atoms with E-state index in [9.17, 15) is 4.79 Å². The van der Waals surface area contributed by atoms with Crippen LogP contribution in [0.4, 0.5) is 5.82 Å². The van der Waals surface area contributed by atoms with Crippen LogP contribution >= 0.6 is 12.4 Å². The van der Waals surface area contributed by atoms with Crippen LogP contribution in [-0.2, 0) is 13.0 Å². The molecule has 0 aliphatic carbocycles. The lowest BCUT2D eigenvalue weighted by Crippen LogP contribution is -2.14. The highest BCUT2D eigenvalue weighted by Gasteiger charge is 2.16. The van der Waals surface area contributed by atoms with E-state index in [4.69, 9.17) is 0 Å². The summed E-state index contributed by atoms with van der Waals surface area (Å²) in [6.07, 6.45) is 8.27. The third kappa shape index (κ3) is 4.75. The third-order valence-corrected chi connectivity index (χ3v) is 3.98. The fraction of sp³-hybridized carbons (Fsp3) is 0.500. The van der Waals surface area contributed by atoms with Crippen LogP contribution in [-0.4, -0.2) is 39.0 Å². The van der Waals surface area contributed by atoms with Gasteiger partial charge in [0.1, 0.15) is 0 Å². The molecular weight excluding hydrogens is 328 g/mol. The Balaban J connectivity index is 0.00000208. The molecule has 1 unspecified atom stereocenters. The van der Waals surface area contributed by atoms with Crippen LogP contribution in [0.5, 0.6) is 0 Å². The van der Waals surface area contributed by atoms with Crippen molar-refractivity contribution in [3.05, 3.63) is 35.8 Å². The van der Waals surface area contributed by atoms with Gasteiger partial charge in [-0.15, -0.1) is 17.5 Å². The van der Waals surface area contributed by atoms with Gasteiger partial charge < -0.3 is 10.6 Å². The molecule has 0 radical (unpaired) electrons. The van der Waals surface area contributed by atoms with Crippen molar-refractivity contribution < 1.29 is 4.79 Å². The molecule has 1 atom stereocenters. The van der Waals surface area contributed by atoms with E-state index in [1.807, 2.05) is 12.3 Å². The molecule has 1 fully saturated rings. The Morgan fingerprint density at radius 3 is 3.08 bits per heavy atom. The Kier molecular flexibility index (Phi) is 6.69. The number of carbonyl (C=O) groups is 1. The molecule has 1 saturated heterocycles. The molecule has 0 spiro atoms. The minimum atomic E-state index is -0.201. The van der Waals surface area contributed by atoms with Crippen LogP contribution in [0.1, 0.15) is 35.7 Å². The van der Waals surface area contributed by atoms with Gasteiger partial charge in [0.2, 0.25) is 0 Å². The molecule has 2 N–H and O–H groups in total. The first-order valence-electron chi connectivity index (χ1n) is 8.10. The van der Waals surface area contributed by atoms with Crippen molar-refractivity contribution in [1.29, 1.82) is 0 Å². The molecule has 8 heteroatoms. The van der Waals surface area contributed by atoms with E-state index in [1.165, 1.54) is 6.42 Å². The number of carbonyl (C=O) groups excluding carboxylic acids is 1. The van der Waals surface area contributed by atoms with Crippen molar-refractivity contribution in [3.63, 3.8) is 0 Å². The molecule has 1 aliphatic rings. The molecule has 0 aromatic carbocycles. The van der Waals surface area contributed by atoms with Crippen LogP contribution in [0.2, 0.25) is 0 Å². The predicted molar refractivity (Wildman–Crippen MR) is 94.4 cm³/mol. The highest BCUT2D eigenvalue weighted by Crippen LogP contribution is 2.16. The summed E-state index contributed by atoms with van der Waals surface area (Å²) in [7, 11) is 0. The van der Waals surface area contributed by atoms with Crippen LogP contribution < -0.4 is 10.6 Å². The number of nitrogens with zero attached hydrogens (tertiary/aromatic N) is 4. The largest absolute Gasteiger partial charge is 0.316 e. The maximum atomic E-state index is 12.3. The summed E-state index contributed by atoms with van der Waals surface area (Å²) in [5.74, 6) is 0.894. The molecule has 3 rings (SSSR count). The van der Waals surface area contributed by atoms with Crippen LogP contribution in [0, 0.1) is 5.92 Å². The molecule has 2 aromatic heterocycles. The molecule has 0 bridgehead atoms. The summed E-state index contributed by atoms with van der Waals surface area (Å²) < 4.78 is 1.72. The van der Waals surface area contributed by atoms with Gasteiger partial charge in [0.15, 0.2) is 5.82 Å². The van der Waals surface area contributed by atoms with Gasteiger partial charge in [-0.05, 0) is 49.9 Å². The van der Waals surface area contributed by atoms with Crippen LogP contribution in [0.3, 0.4) is 0 Å². The van der Waals surface area contributed by atoms with E-state index in [-0.39, 0.29) is 18.3 Å². The summed E-state index contributed by atoms with van der Waals surface area (Å²) in [5.41, 5.74) is 1.65. The molecular formula is C16H23ClN6O. The van der Waals surface area contributed by atoms with Gasteiger partial charge in [0, 0.05) is 18.9 Å². The molecule has 2 aromatic rings. The standard InChI is InChI=1S/C16H22N6O.ClH/c1-2-5-22-11-15(20-21-22)19-16(23)14-7-13(9-18-10-14)6-12-3-4-17-8-12;/h7,9-12,17H,2-6,8H2,1H3,(H,19,23);1H. The second kappa shape index (κ2) is 8.75. The van der Waals surface area contributed by atoms with E-state index >= 15 is 0 Å². The number of aromatic nitrogens is 4. The first-order chi connectivity index (χ1) is 11.2. The predicted octanol–water partition coefficient (Wildman–Crippen LogP) is 1.91. The zero-order valence-corrected chi connectivity index (χ0v) is 14.6. The lowest BCUT2D eigenvalue weighted by molar-refractivity contribution is 0.102. The van der Waals surface area contributed by atoms with Crippen LogP contribution in [0.15, 0.2) is 24.7 Å². The number of amides is 1. The normalized spacial score (nSPS) is 16.6. The number of pyridine rings is 1. The quantitative estimate of drug-likeness (QED) is 0.831. The minimum absolute atomic E-state index is 0. The van der Waals surface area contributed by atoms with Gasteiger partial charge in [-0.1, -0.05) is 12.1 Å². The molecule has 1 aliphatic heterocycles. The highest BCUT2D eigenvalue weighted by atomic mass is 35.5. The molecule has 1 amide bonds. The lowest BCUT2D eigenvalue weighted by atomic mass is 9.99. The van der Waals surface area contributed by atoms with Crippen molar-refractivity contribution >= 4 is 24.1 Å². The molecule has 3 heterocycles. The fourth-order valence-electron chi connectivity index (χ4n) is 2.83. The number of rotatable bonds is 6. The SMILES string of the molecule is CCCn1cc(NC(=O)c2cncc(CC3CCNC3)c2)nn1.Cl. The maximum Gasteiger partial charge on any atom is 0.258 e. The Morgan fingerprint density at radius 2 is 2.33 bits per heavy atom. The summed E-state index contributed by atoms with van der Waals surface area (Å²) in [5, 5.41) is 14.1. The van der Waals surface area contributed by atoms with Gasteiger partial charge in [-0.25, -0.2) is 0 Å². The third-order valence-electron chi connectivity index (χ3n) is 3.98. The van der Waals surface area contributed by atoms with E-state index in [2.05, 4.69) is 32.9 Å². The summed E-state index contributed by atoms with van der Waals surface area (Å²) >= 11 is 0. The van der Waals surface area contributed by atoms with E-state index in [0.717, 1.165) is 38.0 Å². The average molecular weight is 351 g/mol. The second-order valence-electron chi connectivity index (χ2n) is 5.97.